The molecule has 1 aromatic rings. The summed E-state index contributed by atoms with van der Waals surface area (Å²) in [5, 5.41) is -0.233. The molecule has 0 spiro atoms. The van der Waals surface area contributed by atoms with Gasteiger partial charge in [0.15, 0.2) is 0 Å². The molecule has 0 radical (unpaired) electrons. The van der Waals surface area contributed by atoms with Gasteiger partial charge in [0.25, 0.3) is 0 Å². The van der Waals surface area contributed by atoms with Gasteiger partial charge in [-0.05, 0) is 60.8 Å². The molecule has 3 heterocycles. The fourth-order valence-corrected chi connectivity index (χ4v) is 4.90. The fourth-order valence-electron chi connectivity index (χ4n) is 3.43. The fraction of sp³-hybridized carbons (Fsp3) is 0.750. The van der Waals surface area contributed by atoms with E-state index < -0.39 is 39.9 Å². The monoisotopic (exact) mass is 453 g/mol. The Morgan fingerprint density at radius 1 is 1.19 bits per heavy atom. The summed E-state index contributed by atoms with van der Waals surface area (Å²) in [6.07, 6.45) is 3.04. The maximum absolute atomic E-state index is 12.8. The lowest BCUT2D eigenvalue weighted by Gasteiger charge is -2.32. The maximum atomic E-state index is 12.8. The van der Waals surface area contributed by atoms with E-state index in [2.05, 4.69) is 9.97 Å². The number of carbonyl (C=O) groups is 1. The number of amides is 1. The molecule has 1 aromatic heterocycles. The first-order valence-corrected chi connectivity index (χ1v) is 12.1. The minimum Gasteiger partial charge on any atom is -0.444 e. The summed E-state index contributed by atoms with van der Waals surface area (Å²) < 4.78 is 42.9. The van der Waals surface area contributed by atoms with Crippen LogP contribution < -0.4 is 5.46 Å². The highest BCUT2D eigenvalue weighted by Gasteiger charge is 2.52. The molecular weight excluding hydrogens is 421 g/mol. The maximum Gasteiger partial charge on any atom is 0.498 e. The number of ether oxygens (including phenoxy) is 1. The molecule has 1 amide bonds. The summed E-state index contributed by atoms with van der Waals surface area (Å²) in [6, 6.07) is 0. The van der Waals surface area contributed by atoms with E-state index in [1.165, 1.54) is 12.4 Å². The van der Waals surface area contributed by atoms with Crippen LogP contribution in [0.15, 0.2) is 17.6 Å². The van der Waals surface area contributed by atoms with Gasteiger partial charge in [-0.1, -0.05) is 0 Å². The summed E-state index contributed by atoms with van der Waals surface area (Å²) in [5.74, 6) is -0.314. The predicted octanol–water partition coefficient (Wildman–Crippen LogP) is 1.81. The second-order valence-corrected chi connectivity index (χ2v) is 12.2. The number of rotatable bonds is 4. The number of nitrogens with zero attached hydrogens (tertiary/aromatic N) is 3. The first-order valence-electron chi connectivity index (χ1n) is 10.5. The third-order valence-corrected chi connectivity index (χ3v) is 7.52. The normalized spacial score (nSPS) is 23.3. The van der Waals surface area contributed by atoms with Gasteiger partial charge in [-0.25, -0.2) is 23.2 Å². The van der Waals surface area contributed by atoms with Crippen molar-refractivity contribution >= 4 is 28.5 Å². The number of sulfone groups is 1. The molecule has 0 aromatic carbocycles. The molecule has 3 rings (SSSR count). The van der Waals surface area contributed by atoms with Gasteiger partial charge in [0.1, 0.15) is 5.60 Å². The van der Waals surface area contributed by atoms with Crippen molar-refractivity contribution in [3.8, 4) is 0 Å². The van der Waals surface area contributed by atoms with Gasteiger partial charge in [-0.3, -0.25) is 0 Å². The third-order valence-electron chi connectivity index (χ3n) is 5.84. The molecule has 2 aliphatic rings. The Morgan fingerprint density at radius 2 is 1.74 bits per heavy atom. The largest absolute Gasteiger partial charge is 0.498 e. The molecule has 1 atom stereocenters. The number of likely N-dealkylation sites (tertiary alicyclic amines) is 1. The molecule has 9 nitrogen and oxygen atoms in total. The van der Waals surface area contributed by atoms with E-state index in [-0.39, 0.29) is 16.8 Å². The lowest BCUT2D eigenvalue weighted by Crippen LogP contribution is -2.41. The van der Waals surface area contributed by atoms with Crippen LogP contribution in [0.2, 0.25) is 0 Å². The molecule has 31 heavy (non-hydrogen) atoms. The molecule has 0 bridgehead atoms. The summed E-state index contributed by atoms with van der Waals surface area (Å²) in [5.41, 5.74) is -1.04. The van der Waals surface area contributed by atoms with E-state index in [0.29, 0.717) is 25.0 Å². The van der Waals surface area contributed by atoms with Gasteiger partial charge in [0.05, 0.1) is 17.0 Å². The molecule has 0 saturated carbocycles. The molecule has 11 heteroatoms. The van der Waals surface area contributed by atoms with Gasteiger partial charge >= 0.3 is 13.2 Å². The highest BCUT2D eigenvalue weighted by Crippen LogP contribution is 2.36. The summed E-state index contributed by atoms with van der Waals surface area (Å²) in [6.45, 7) is 14.0. The van der Waals surface area contributed by atoms with E-state index in [9.17, 15) is 13.2 Å². The Labute approximate surface area is 184 Å². The van der Waals surface area contributed by atoms with E-state index in [4.69, 9.17) is 14.0 Å². The predicted molar refractivity (Wildman–Crippen MR) is 116 cm³/mol. The van der Waals surface area contributed by atoms with Crippen LogP contribution in [0.4, 0.5) is 4.79 Å². The Kier molecular flexibility index (Phi) is 6.18. The van der Waals surface area contributed by atoms with Crippen molar-refractivity contribution < 1.29 is 27.3 Å². The average Bonchev–Trinajstić information content (AvgIpc) is 3.15. The lowest BCUT2D eigenvalue weighted by atomic mass is 9.81. The standard InChI is InChI=1S/C20H32BN3O6S/c1-18(2,3)28-17(25)24-9-8-14(12-24)13-31(26,27)16-22-10-15(11-23-16)21-29-19(4,5)20(6,7)30-21/h10-11,14H,8-9,12-13H2,1-7H3/t14-/m1/s1. The molecule has 172 valence electrons. The molecule has 2 saturated heterocycles. The quantitative estimate of drug-likeness (QED) is 0.502. The first-order chi connectivity index (χ1) is 14.1. The van der Waals surface area contributed by atoms with Gasteiger partial charge in [-0.15, -0.1) is 0 Å². The van der Waals surface area contributed by atoms with Crippen molar-refractivity contribution in [2.75, 3.05) is 18.8 Å². The number of hydrogen-bond donors (Lipinski definition) is 0. The lowest BCUT2D eigenvalue weighted by molar-refractivity contribution is 0.00578. The first kappa shape index (κ1) is 23.9. The highest BCUT2D eigenvalue weighted by molar-refractivity contribution is 7.91. The number of hydrogen-bond acceptors (Lipinski definition) is 8. The molecule has 0 aliphatic carbocycles. The topological polar surface area (TPSA) is 108 Å². The van der Waals surface area contributed by atoms with Crippen LogP contribution >= 0.6 is 0 Å². The Morgan fingerprint density at radius 3 is 2.26 bits per heavy atom. The molecular formula is C20H32BN3O6S. The van der Waals surface area contributed by atoms with Crippen LogP contribution in [-0.2, 0) is 23.9 Å². The van der Waals surface area contributed by atoms with Crippen molar-refractivity contribution in [3.05, 3.63) is 12.4 Å². The highest BCUT2D eigenvalue weighted by atomic mass is 32.2. The van der Waals surface area contributed by atoms with E-state index in [1.807, 2.05) is 27.7 Å². The zero-order valence-electron chi connectivity index (χ0n) is 19.3. The van der Waals surface area contributed by atoms with E-state index in [0.717, 1.165) is 0 Å². The molecule has 0 N–H and O–H groups in total. The summed E-state index contributed by atoms with van der Waals surface area (Å²) in [4.78, 5) is 21.9. The summed E-state index contributed by atoms with van der Waals surface area (Å²) in [7, 11) is -4.35. The van der Waals surface area contributed by atoms with Crippen LogP contribution in [0.25, 0.3) is 0 Å². The van der Waals surface area contributed by atoms with Crippen LogP contribution in [-0.4, -0.2) is 72.1 Å². The minimum atomic E-state index is -3.70. The number of aromatic nitrogens is 2. The van der Waals surface area contributed by atoms with Crippen molar-refractivity contribution in [2.24, 2.45) is 5.92 Å². The molecule has 2 aliphatic heterocycles. The van der Waals surface area contributed by atoms with Crippen molar-refractivity contribution in [3.63, 3.8) is 0 Å². The van der Waals surface area contributed by atoms with Gasteiger partial charge < -0.3 is 18.9 Å². The average molecular weight is 453 g/mol. The third kappa shape index (κ3) is 5.38. The van der Waals surface area contributed by atoms with Crippen molar-refractivity contribution in [1.29, 1.82) is 0 Å². The second-order valence-electron chi connectivity index (χ2n) is 10.2. The SMILES string of the molecule is CC(C)(C)OC(=O)N1CC[C@@H](CS(=O)(=O)c2ncc(B3OC(C)(C)C(C)(C)O3)cn2)C1. The van der Waals surface area contributed by atoms with E-state index >= 15 is 0 Å². The number of carbonyl (C=O) groups excluding carboxylic acids is 1. The van der Waals surface area contributed by atoms with Gasteiger partial charge in [0.2, 0.25) is 15.0 Å². The summed E-state index contributed by atoms with van der Waals surface area (Å²) >= 11 is 0. The Bertz CT molecular complexity index is 911. The van der Waals surface area contributed by atoms with Crippen LogP contribution in [0, 0.1) is 5.92 Å². The van der Waals surface area contributed by atoms with Crippen LogP contribution in [0.3, 0.4) is 0 Å². The minimum absolute atomic E-state index is 0.123. The van der Waals surface area contributed by atoms with Crippen LogP contribution in [0.5, 0.6) is 0 Å². The zero-order valence-corrected chi connectivity index (χ0v) is 20.2. The molecule has 0 unspecified atom stereocenters. The van der Waals surface area contributed by atoms with Gasteiger partial charge in [-0.2, -0.15) is 0 Å². The second kappa shape index (κ2) is 8.01. The van der Waals surface area contributed by atoms with Crippen molar-refractivity contribution in [1.82, 2.24) is 14.9 Å². The zero-order chi connectivity index (χ0) is 23.2. The van der Waals surface area contributed by atoms with Crippen LogP contribution in [0.1, 0.15) is 54.9 Å². The van der Waals surface area contributed by atoms with Gasteiger partial charge in [0, 0.05) is 30.9 Å². The van der Waals surface area contributed by atoms with Crippen molar-refractivity contribution in [2.45, 2.75) is 76.8 Å². The Balaban J connectivity index is 1.62. The molecule has 2 fully saturated rings. The van der Waals surface area contributed by atoms with E-state index in [1.54, 1.807) is 25.7 Å². The smallest absolute Gasteiger partial charge is 0.444 e. The Hall–Kier alpha value is -1.72.